The van der Waals surface area contributed by atoms with Crippen LogP contribution in [0.2, 0.25) is 0 Å². The number of nitrogens with zero attached hydrogens (tertiary/aromatic N) is 1. The van der Waals surface area contributed by atoms with Gasteiger partial charge < -0.3 is 15.7 Å². The maximum Gasteiger partial charge on any atom is 0.335 e. The first kappa shape index (κ1) is 15.4. The van der Waals surface area contributed by atoms with Crippen LogP contribution in [0.5, 0.6) is 0 Å². The summed E-state index contributed by atoms with van der Waals surface area (Å²) < 4.78 is 0. The van der Waals surface area contributed by atoms with E-state index in [0.29, 0.717) is 18.7 Å². The highest BCUT2D eigenvalue weighted by Gasteiger charge is 2.01. The van der Waals surface area contributed by atoms with Crippen molar-refractivity contribution in [2.75, 3.05) is 13.2 Å². The van der Waals surface area contributed by atoms with E-state index in [-0.39, 0.29) is 18.0 Å². The third-order valence-electron chi connectivity index (χ3n) is 1.85. The number of nitrogens with two attached hydrogens (primary N) is 1. The van der Waals surface area contributed by atoms with Gasteiger partial charge in [-0.1, -0.05) is 17.3 Å². The molecular formula is C11H15ClN2O3. The molecular weight excluding hydrogens is 244 g/mol. The Morgan fingerprint density at radius 3 is 2.94 bits per heavy atom. The molecule has 0 spiro atoms. The molecule has 1 aromatic rings. The van der Waals surface area contributed by atoms with Crippen molar-refractivity contribution in [2.24, 2.45) is 10.9 Å². The van der Waals surface area contributed by atoms with E-state index in [9.17, 15) is 4.79 Å². The highest BCUT2D eigenvalue weighted by molar-refractivity contribution is 5.90. The minimum absolute atomic E-state index is 0. The summed E-state index contributed by atoms with van der Waals surface area (Å²) in [6, 6.07) is 6.46. The van der Waals surface area contributed by atoms with Crippen molar-refractivity contribution >= 4 is 24.6 Å². The number of carboxylic acid groups (broad SMARTS) is 1. The van der Waals surface area contributed by atoms with Crippen LogP contribution < -0.4 is 5.73 Å². The highest BCUT2D eigenvalue weighted by Crippen LogP contribution is 2.03. The molecule has 0 amide bonds. The van der Waals surface area contributed by atoms with E-state index in [0.717, 1.165) is 6.42 Å². The van der Waals surface area contributed by atoms with E-state index in [1.54, 1.807) is 12.1 Å². The van der Waals surface area contributed by atoms with Gasteiger partial charge in [0.15, 0.2) is 0 Å². The molecule has 0 radical (unpaired) electrons. The lowest BCUT2D eigenvalue weighted by molar-refractivity contribution is 0.0697. The number of hydrogen-bond donors (Lipinski definition) is 2. The number of hydrogen-bond acceptors (Lipinski definition) is 4. The van der Waals surface area contributed by atoms with Crippen molar-refractivity contribution in [1.82, 2.24) is 0 Å². The lowest BCUT2D eigenvalue weighted by atomic mass is 10.1. The molecule has 0 bridgehead atoms. The summed E-state index contributed by atoms with van der Waals surface area (Å²) in [6.07, 6.45) is 2.22. The lowest BCUT2D eigenvalue weighted by Gasteiger charge is -1.97. The Morgan fingerprint density at radius 2 is 2.29 bits per heavy atom. The van der Waals surface area contributed by atoms with Gasteiger partial charge in [-0.15, -0.1) is 12.4 Å². The van der Waals surface area contributed by atoms with Crippen LogP contribution >= 0.6 is 12.4 Å². The summed E-state index contributed by atoms with van der Waals surface area (Å²) in [4.78, 5) is 15.6. The zero-order valence-corrected chi connectivity index (χ0v) is 10.0. The Balaban J connectivity index is 0.00000256. The van der Waals surface area contributed by atoms with Gasteiger partial charge in [0, 0.05) is 0 Å². The number of oxime groups is 1. The molecule has 6 heteroatoms. The predicted molar refractivity (Wildman–Crippen MR) is 67.9 cm³/mol. The molecule has 1 rings (SSSR count). The standard InChI is InChI=1S/C11H14N2O3.ClH/c12-5-2-6-16-13-8-9-3-1-4-10(7-9)11(14)15;/h1,3-4,7-8H,2,5-6,12H2,(H,14,15);1H/b13-8+;. The Morgan fingerprint density at radius 1 is 1.53 bits per heavy atom. The summed E-state index contributed by atoms with van der Waals surface area (Å²) in [7, 11) is 0. The predicted octanol–water partition coefficient (Wildman–Crippen LogP) is 1.51. The monoisotopic (exact) mass is 258 g/mol. The minimum Gasteiger partial charge on any atom is -0.478 e. The zero-order valence-electron chi connectivity index (χ0n) is 9.20. The first-order valence-corrected chi connectivity index (χ1v) is 4.93. The highest BCUT2D eigenvalue weighted by atomic mass is 35.5. The second kappa shape index (κ2) is 8.55. The van der Waals surface area contributed by atoms with Crippen molar-refractivity contribution in [3.05, 3.63) is 35.4 Å². The third kappa shape index (κ3) is 5.89. The molecule has 0 aromatic heterocycles. The van der Waals surface area contributed by atoms with Crippen LogP contribution in [0, 0.1) is 0 Å². The number of halogens is 1. The first-order valence-electron chi connectivity index (χ1n) is 4.93. The zero-order chi connectivity index (χ0) is 11.8. The van der Waals surface area contributed by atoms with Crippen LogP contribution in [-0.4, -0.2) is 30.4 Å². The molecule has 0 aliphatic heterocycles. The van der Waals surface area contributed by atoms with E-state index < -0.39 is 5.97 Å². The normalized spacial score (nSPS) is 9.94. The van der Waals surface area contributed by atoms with Gasteiger partial charge in [0.1, 0.15) is 6.61 Å². The molecule has 94 valence electrons. The second-order valence-electron chi connectivity index (χ2n) is 3.14. The summed E-state index contributed by atoms with van der Waals surface area (Å²) in [5.41, 5.74) is 6.19. The van der Waals surface area contributed by atoms with Crippen LogP contribution in [0.1, 0.15) is 22.3 Å². The number of benzene rings is 1. The summed E-state index contributed by atoms with van der Waals surface area (Å²) in [5, 5.41) is 12.5. The van der Waals surface area contributed by atoms with E-state index in [4.69, 9.17) is 15.7 Å². The fourth-order valence-corrected chi connectivity index (χ4v) is 1.05. The maximum absolute atomic E-state index is 10.7. The fraction of sp³-hybridized carbons (Fsp3) is 0.273. The smallest absolute Gasteiger partial charge is 0.335 e. The molecule has 5 nitrogen and oxygen atoms in total. The van der Waals surface area contributed by atoms with Crippen molar-refractivity contribution in [1.29, 1.82) is 0 Å². The van der Waals surface area contributed by atoms with Crippen molar-refractivity contribution in [2.45, 2.75) is 6.42 Å². The molecule has 3 N–H and O–H groups in total. The van der Waals surface area contributed by atoms with Gasteiger partial charge in [0.25, 0.3) is 0 Å². The minimum atomic E-state index is -0.959. The molecule has 0 saturated carbocycles. The van der Waals surface area contributed by atoms with Crippen LogP contribution in [-0.2, 0) is 4.84 Å². The quantitative estimate of drug-likeness (QED) is 0.460. The Kier molecular flexibility index (Phi) is 7.75. The van der Waals surface area contributed by atoms with E-state index in [1.165, 1.54) is 18.3 Å². The lowest BCUT2D eigenvalue weighted by Crippen LogP contribution is -2.02. The van der Waals surface area contributed by atoms with Crippen molar-refractivity contribution in [3.8, 4) is 0 Å². The fourth-order valence-electron chi connectivity index (χ4n) is 1.05. The maximum atomic E-state index is 10.7. The molecule has 0 aliphatic rings. The van der Waals surface area contributed by atoms with Gasteiger partial charge in [-0.2, -0.15) is 0 Å². The molecule has 0 unspecified atom stereocenters. The van der Waals surface area contributed by atoms with E-state index >= 15 is 0 Å². The number of aromatic carboxylic acids is 1. The molecule has 0 heterocycles. The SMILES string of the molecule is Cl.NCCCO/N=C/c1cccc(C(=O)O)c1. The number of carbonyl (C=O) groups is 1. The number of carboxylic acids is 1. The Bertz CT molecular complexity index is 383. The Labute approximate surface area is 106 Å². The average molecular weight is 259 g/mol. The summed E-state index contributed by atoms with van der Waals surface area (Å²) >= 11 is 0. The van der Waals surface area contributed by atoms with Gasteiger partial charge >= 0.3 is 5.97 Å². The second-order valence-corrected chi connectivity index (χ2v) is 3.14. The summed E-state index contributed by atoms with van der Waals surface area (Å²) in [6.45, 7) is 1.02. The molecule has 0 aliphatic carbocycles. The van der Waals surface area contributed by atoms with Gasteiger partial charge in [0.2, 0.25) is 0 Å². The molecule has 0 saturated heterocycles. The largest absolute Gasteiger partial charge is 0.478 e. The molecule has 17 heavy (non-hydrogen) atoms. The molecule has 1 aromatic carbocycles. The first-order chi connectivity index (χ1) is 7.74. The number of rotatable bonds is 6. The third-order valence-corrected chi connectivity index (χ3v) is 1.85. The topological polar surface area (TPSA) is 84.9 Å². The van der Waals surface area contributed by atoms with Crippen LogP contribution in [0.3, 0.4) is 0 Å². The Hall–Kier alpha value is -1.59. The average Bonchev–Trinajstić information content (AvgIpc) is 2.29. The molecule has 0 fully saturated rings. The van der Waals surface area contributed by atoms with E-state index in [2.05, 4.69) is 5.16 Å². The van der Waals surface area contributed by atoms with Crippen molar-refractivity contribution in [3.63, 3.8) is 0 Å². The van der Waals surface area contributed by atoms with Crippen LogP contribution in [0.25, 0.3) is 0 Å². The van der Waals surface area contributed by atoms with Gasteiger partial charge in [-0.3, -0.25) is 0 Å². The molecule has 0 atom stereocenters. The van der Waals surface area contributed by atoms with Crippen molar-refractivity contribution < 1.29 is 14.7 Å². The van der Waals surface area contributed by atoms with Gasteiger partial charge in [-0.05, 0) is 30.7 Å². The van der Waals surface area contributed by atoms with Crippen LogP contribution in [0.4, 0.5) is 0 Å². The summed E-state index contributed by atoms with van der Waals surface area (Å²) in [5.74, 6) is -0.959. The van der Waals surface area contributed by atoms with Gasteiger partial charge in [-0.25, -0.2) is 4.79 Å². The van der Waals surface area contributed by atoms with Crippen LogP contribution in [0.15, 0.2) is 29.4 Å². The van der Waals surface area contributed by atoms with Gasteiger partial charge in [0.05, 0.1) is 11.8 Å². The van der Waals surface area contributed by atoms with E-state index in [1.807, 2.05) is 0 Å².